The van der Waals surface area contributed by atoms with Gasteiger partial charge in [0.1, 0.15) is 10.4 Å². The van der Waals surface area contributed by atoms with E-state index in [4.69, 9.17) is 0 Å². The summed E-state index contributed by atoms with van der Waals surface area (Å²) in [5.41, 5.74) is 1.20. The summed E-state index contributed by atoms with van der Waals surface area (Å²) < 4.78 is 0. The second kappa shape index (κ2) is 4.10. The summed E-state index contributed by atoms with van der Waals surface area (Å²) >= 11 is 1.26. The predicted molar refractivity (Wildman–Crippen MR) is 63.2 cm³/mol. The Labute approximate surface area is 103 Å². The second-order valence-electron chi connectivity index (χ2n) is 4.41. The lowest BCUT2D eigenvalue weighted by Gasteiger charge is -2.30. The first kappa shape index (κ1) is 12.0. The van der Waals surface area contributed by atoms with Gasteiger partial charge in [-0.2, -0.15) is 0 Å². The number of carboxylic acids is 1. The lowest BCUT2D eigenvalue weighted by Crippen LogP contribution is -2.50. The van der Waals surface area contributed by atoms with Crippen LogP contribution in [0, 0.1) is 6.92 Å². The average Bonchev–Trinajstić information content (AvgIpc) is 2.84. The molecule has 2 heterocycles. The van der Waals surface area contributed by atoms with E-state index in [9.17, 15) is 14.7 Å². The highest BCUT2D eigenvalue weighted by Crippen LogP contribution is 2.31. The Morgan fingerprint density at radius 1 is 1.59 bits per heavy atom. The number of nitrogens with zero attached hydrogens (tertiary/aromatic N) is 2. The van der Waals surface area contributed by atoms with E-state index in [2.05, 4.69) is 4.98 Å². The van der Waals surface area contributed by atoms with E-state index in [1.54, 1.807) is 19.4 Å². The van der Waals surface area contributed by atoms with E-state index < -0.39 is 11.5 Å². The van der Waals surface area contributed by atoms with Crippen LogP contribution in [-0.4, -0.2) is 39.0 Å². The van der Waals surface area contributed by atoms with E-state index in [1.807, 2.05) is 0 Å². The zero-order chi connectivity index (χ0) is 12.6. The summed E-state index contributed by atoms with van der Waals surface area (Å²) in [6, 6.07) is 0. The van der Waals surface area contributed by atoms with Gasteiger partial charge in [0.15, 0.2) is 0 Å². The van der Waals surface area contributed by atoms with Crippen LogP contribution in [0.3, 0.4) is 0 Å². The normalized spacial score (nSPS) is 24.0. The third-order valence-electron chi connectivity index (χ3n) is 3.29. The molecule has 2 rings (SSSR count). The van der Waals surface area contributed by atoms with Gasteiger partial charge in [-0.05, 0) is 26.7 Å². The maximum atomic E-state index is 12.3. The van der Waals surface area contributed by atoms with Crippen molar-refractivity contribution in [1.29, 1.82) is 0 Å². The van der Waals surface area contributed by atoms with Crippen LogP contribution in [-0.2, 0) is 4.79 Å². The van der Waals surface area contributed by atoms with E-state index in [0.29, 0.717) is 23.5 Å². The van der Waals surface area contributed by atoms with E-state index in [0.717, 1.165) is 6.42 Å². The summed E-state index contributed by atoms with van der Waals surface area (Å²) in [7, 11) is 0. The number of likely N-dealkylation sites (tertiary alicyclic amines) is 1. The molecule has 6 heteroatoms. The molecular weight excluding hydrogens is 240 g/mol. The first-order valence-corrected chi connectivity index (χ1v) is 6.30. The molecule has 1 aliphatic rings. The summed E-state index contributed by atoms with van der Waals surface area (Å²) in [6.45, 7) is 3.87. The molecule has 1 aliphatic heterocycles. The summed E-state index contributed by atoms with van der Waals surface area (Å²) in [6.07, 6.45) is 1.23. The van der Waals surface area contributed by atoms with Gasteiger partial charge in [0.25, 0.3) is 5.91 Å². The maximum Gasteiger partial charge on any atom is 0.329 e. The lowest BCUT2D eigenvalue weighted by atomic mass is 9.99. The van der Waals surface area contributed by atoms with E-state index in [1.165, 1.54) is 16.2 Å². The SMILES string of the molecule is Cc1ncsc1C(=O)N1CCCC1(C)C(=O)O. The molecule has 0 saturated carbocycles. The molecular formula is C11H14N2O3S. The Morgan fingerprint density at radius 3 is 2.82 bits per heavy atom. The number of amides is 1. The smallest absolute Gasteiger partial charge is 0.329 e. The zero-order valence-corrected chi connectivity index (χ0v) is 10.6. The van der Waals surface area contributed by atoms with Crippen molar-refractivity contribution < 1.29 is 14.7 Å². The fourth-order valence-corrected chi connectivity index (χ4v) is 2.89. The van der Waals surface area contributed by atoms with Crippen molar-refractivity contribution in [2.24, 2.45) is 0 Å². The van der Waals surface area contributed by atoms with Gasteiger partial charge in [-0.1, -0.05) is 0 Å². The molecule has 17 heavy (non-hydrogen) atoms. The summed E-state index contributed by atoms with van der Waals surface area (Å²) in [5.74, 6) is -1.15. The number of aromatic nitrogens is 1. The highest BCUT2D eigenvalue weighted by molar-refractivity contribution is 7.11. The van der Waals surface area contributed by atoms with Gasteiger partial charge in [0, 0.05) is 6.54 Å². The summed E-state index contributed by atoms with van der Waals surface area (Å²) in [4.78, 5) is 29.6. The predicted octanol–water partition coefficient (Wildman–Crippen LogP) is 1.53. The molecule has 1 N–H and O–H groups in total. The quantitative estimate of drug-likeness (QED) is 0.869. The molecule has 0 radical (unpaired) electrons. The number of aryl methyl sites for hydroxylation is 1. The molecule has 1 aromatic heterocycles. The lowest BCUT2D eigenvalue weighted by molar-refractivity contribution is -0.147. The Balaban J connectivity index is 2.32. The minimum absolute atomic E-state index is 0.215. The van der Waals surface area contributed by atoms with Crippen molar-refractivity contribution in [2.75, 3.05) is 6.54 Å². The molecule has 92 valence electrons. The number of carbonyl (C=O) groups excluding carboxylic acids is 1. The van der Waals surface area contributed by atoms with Crippen LogP contribution < -0.4 is 0 Å². The van der Waals surface area contributed by atoms with Gasteiger partial charge >= 0.3 is 5.97 Å². The van der Waals surface area contributed by atoms with Gasteiger partial charge in [-0.15, -0.1) is 11.3 Å². The minimum atomic E-state index is -1.08. The topological polar surface area (TPSA) is 70.5 Å². The number of thiazole rings is 1. The largest absolute Gasteiger partial charge is 0.480 e. The molecule has 0 spiro atoms. The number of hydrogen-bond donors (Lipinski definition) is 1. The van der Waals surface area contributed by atoms with Crippen LogP contribution in [0.15, 0.2) is 5.51 Å². The van der Waals surface area contributed by atoms with Crippen LogP contribution >= 0.6 is 11.3 Å². The number of rotatable bonds is 2. The van der Waals surface area contributed by atoms with Crippen molar-refractivity contribution in [1.82, 2.24) is 9.88 Å². The molecule has 1 atom stereocenters. The average molecular weight is 254 g/mol. The van der Waals surface area contributed by atoms with Gasteiger partial charge in [-0.25, -0.2) is 9.78 Å². The van der Waals surface area contributed by atoms with Crippen molar-refractivity contribution >= 4 is 23.2 Å². The third-order valence-corrected chi connectivity index (χ3v) is 4.20. The van der Waals surface area contributed by atoms with Crippen LogP contribution in [0.5, 0.6) is 0 Å². The van der Waals surface area contributed by atoms with Crippen molar-refractivity contribution in [2.45, 2.75) is 32.2 Å². The Kier molecular flexibility index (Phi) is 2.91. The van der Waals surface area contributed by atoms with E-state index in [-0.39, 0.29) is 5.91 Å². The van der Waals surface area contributed by atoms with Crippen molar-refractivity contribution in [3.8, 4) is 0 Å². The zero-order valence-electron chi connectivity index (χ0n) is 9.77. The Hall–Kier alpha value is -1.43. The number of aliphatic carboxylic acids is 1. The van der Waals surface area contributed by atoms with Gasteiger partial charge < -0.3 is 10.0 Å². The molecule has 1 aromatic rings. The highest BCUT2D eigenvalue weighted by atomic mass is 32.1. The maximum absolute atomic E-state index is 12.3. The Morgan fingerprint density at radius 2 is 2.29 bits per heavy atom. The first-order valence-electron chi connectivity index (χ1n) is 5.42. The van der Waals surface area contributed by atoms with Crippen molar-refractivity contribution in [3.63, 3.8) is 0 Å². The molecule has 0 bridgehead atoms. The van der Waals surface area contributed by atoms with Gasteiger partial charge in [0.2, 0.25) is 0 Å². The van der Waals surface area contributed by atoms with Crippen LogP contribution in [0.4, 0.5) is 0 Å². The fraction of sp³-hybridized carbons (Fsp3) is 0.545. The number of hydrogen-bond acceptors (Lipinski definition) is 4. The van der Waals surface area contributed by atoms with Crippen LogP contribution in [0.2, 0.25) is 0 Å². The standard InChI is InChI=1S/C11H14N2O3S/c1-7-8(17-6-12-7)9(14)13-5-3-4-11(13,2)10(15)16/h6H,3-5H2,1-2H3,(H,15,16). The van der Waals surface area contributed by atoms with Crippen LogP contribution in [0.25, 0.3) is 0 Å². The van der Waals surface area contributed by atoms with Crippen molar-refractivity contribution in [3.05, 3.63) is 16.1 Å². The molecule has 1 amide bonds. The van der Waals surface area contributed by atoms with Gasteiger partial charge in [-0.3, -0.25) is 4.79 Å². The number of carbonyl (C=O) groups is 2. The summed E-state index contributed by atoms with van der Waals surface area (Å²) in [5, 5.41) is 9.25. The molecule has 0 aromatic carbocycles. The molecule has 1 unspecified atom stereocenters. The first-order chi connectivity index (χ1) is 7.97. The molecule has 0 aliphatic carbocycles. The second-order valence-corrected chi connectivity index (χ2v) is 5.26. The highest BCUT2D eigenvalue weighted by Gasteiger charge is 2.46. The minimum Gasteiger partial charge on any atom is -0.480 e. The third kappa shape index (κ3) is 1.82. The van der Waals surface area contributed by atoms with E-state index >= 15 is 0 Å². The fourth-order valence-electron chi connectivity index (χ4n) is 2.14. The van der Waals surface area contributed by atoms with Gasteiger partial charge in [0.05, 0.1) is 11.2 Å². The number of carboxylic acid groups (broad SMARTS) is 1. The molecule has 5 nitrogen and oxygen atoms in total. The Bertz CT molecular complexity index is 471. The van der Waals surface area contributed by atoms with Crippen LogP contribution in [0.1, 0.15) is 35.1 Å². The molecule has 1 saturated heterocycles. The monoisotopic (exact) mass is 254 g/mol. The molecule has 1 fully saturated rings.